The summed E-state index contributed by atoms with van der Waals surface area (Å²) in [5, 5.41) is 0. The van der Waals surface area contributed by atoms with Gasteiger partial charge in [-0.05, 0) is 0 Å². The molecule has 0 amide bonds. The topological polar surface area (TPSA) is 54.4 Å². The first-order chi connectivity index (χ1) is 3.25. The van der Waals surface area contributed by atoms with Crippen molar-refractivity contribution in [2.45, 2.75) is 5.51 Å². The summed E-state index contributed by atoms with van der Waals surface area (Å²) in [7, 11) is -5.84. The minimum Gasteiger partial charge on any atom is -0.279 e. The van der Waals surface area contributed by atoms with Crippen molar-refractivity contribution in [3.8, 4) is 0 Å². The van der Waals surface area contributed by atoms with Gasteiger partial charge < -0.3 is 0 Å². The van der Waals surface area contributed by atoms with Crippen LogP contribution in [0.3, 0.4) is 0 Å². The van der Waals surface area contributed by atoms with Gasteiger partial charge in [-0.15, -0.1) is 0 Å². The minimum absolute atomic E-state index is 0. The fourth-order valence-electron chi connectivity index (χ4n) is 0. The van der Waals surface area contributed by atoms with Crippen LogP contribution in [0.25, 0.3) is 0 Å². The Bertz CT molecular complexity index is 168. The van der Waals surface area contributed by atoms with Crippen molar-refractivity contribution in [3.05, 3.63) is 0 Å². The minimum atomic E-state index is -5.84. The molecule has 0 aliphatic carbocycles. The van der Waals surface area contributed by atoms with Crippen LogP contribution in [0.2, 0.25) is 0 Å². The zero-order chi connectivity index (χ0) is 7.00. The second kappa shape index (κ2) is 3.20. The van der Waals surface area contributed by atoms with Crippen molar-refractivity contribution in [1.82, 2.24) is 0 Å². The molecule has 0 unspecified atom stereocenters. The van der Waals surface area contributed by atoms with E-state index in [9.17, 15) is 13.2 Å². The van der Waals surface area contributed by atoms with E-state index in [0.29, 0.717) is 0 Å². The third-order valence-electron chi connectivity index (χ3n) is 0.292. The zero-order valence-electron chi connectivity index (χ0n) is 4.31. The summed E-state index contributed by atoms with van der Waals surface area (Å²) < 4.78 is 57.5. The zero-order valence-corrected chi connectivity index (χ0v) is 7.12. The molecular formula is CHF3NaO3S+. The molecule has 1 N–H and O–H groups in total. The van der Waals surface area contributed by atoms with E-state index in [-0.39, 0.29) is 29.6 Å². The molecule has 50 valence electrons. The van der Waals surface area contributed by atoms with E-state index in [0.717, 1.165) is 0 Å². The third-order valence-corrected chi connectivity index (χ3v) is 0.877. The van der Waals surface area contributed by atoms with Gasteiger partial charge in [0, 0.05) is 0 Å². The number of halogens is 3. The average Bonchev–Trinajstić information content (AvgIpc) is 1.25. The quantitative estimate of drug-likeness (QED) is 0.248. The van der Waals surface area contributed by atoms with Crippen molar-refractivity contribution in [2.75, 3.05) is 0 Å². The molecule has 0 bridgehead atoms. The number of alkyl halides is 3. The Balaban J connectivity index is 0. The van der Waals surface area contributed by atoms with Gasteiger partial charge in [-0.2, -0.15) is 21.6 Å². The molecule has 0 fully saturated rings. The van der Waals surface area contributed by atoms with Gasteiger partial charge in [-0.3, -0.25) is 4.55 Å². The van der Waals surface area contributed by atoms with E-state index in [4.69, 9.17) is 13.0 Å². The van der Waals surface area contributed by atoms with Crippen molar-refractivity contribution in [1.29, 1.82) is 0 Å². The molecule has 0 spiro atoms. The maximum Gasteiger partial charge on any atom is 1.00 e. The molecule has 9 heavy (non-hydrogen) atoms. The Morgan fingerprint density at radius 1 is 1.22 bits per heavy atom. The summed E-state index contributed by atoms with van der Waals surface area (Å²) in [4.78, 5) is 0. The fourth-order valence-corrected chi connectivity index (χ4v) is 0. The summed E-state index contributed by atoms with van der Waals surface area (Å²) >= 11 is 0. The first-order valence-electron chi connectivity index (χ1n) is 1.29. The standard InChI is InChI=1S/CHF3O3S.Na/c2-1(3,4)8(5,6)7;/h(H,5,6,7);/q;+1. The van der Waals surface area contributed by atoms with Crippen molar-refractivity contribution >= 4 is 10.1 Å². The van der Waals surface area contributed by atoms with Gasteiger partial charge in [0.05, 0.1) is 0 Å². The molecule has 8 heteroatoms. The number of hydrogen-bond acceptors (Lipinski definition) is 2. The Morgan fingerprint density at radius 2 is 1.33 bits per heavy atom. The van der Waals surface area contributed by atoms with E-state index in [1.165, 1.54) is 0 Å². The molecule has 0 aliphatic heterocycles. The summed E-state index contributed by atoms with van der Waals surface area (Å²) in [6.07, 6.45) is 0. The Hall–Kier alpha value is 0.700. The van der Waals surface area contributed by atoms with Gasteiger partial charge in [0.2, 0.25) is 0 Å². The molecule has 0 radical (unpaired) electrons. The van der Waals surface area contributed by atoms with Crippen LogP contribution < -0.4 is 29.6 Å². The van der Waals surface area contributed by atoms with Gasteiger partial charge >= 0.3 is 45.2 Å². The normalized spacial score (nSPS) is 12.4. The SMILES string of the molecule is O=S(=O)(O)C(F)(F)F.[Na+]. The molecule has 0 rings (SSSR count). The number of hydrogen-bond donors (Lipinski definition) is 1. The molecule has 0 aliphatic rings. The maximum absolute atomic E-state index is 10.7. The largest absolute Gasteiger partial charge is 1.00 e. The fraction of sp³-hybridized carbons (Fsp3) is 1.00. The van der Waals surface area contributed by atoms with Gasteiger partial charge in [0.1, 0.15) is 0 Å². The first-order valence-corrected chi connectivity index (χ1v) is 2.73. The van der Waals surface area contributed by atoms with Gasteiger partial charge in [-0.1, -0.05) is 0 Å². The van der Waals surface area contributed by atoms with Crippen LogP contribution >= 0.6 is 0 Å². The van der Waals surface area contributed by atoms with Gasteiger partial charge in [0.15, 0.2) is 0 Å². The van der Waals surface area contributed by atoms with Crippen LogP contribution in [-0.4, -0.2) is 18.5 Å². The van der Waals surface area contributed by atoms with Crippen LogP contribution in [0, 0.1) is 0 Å². The summed E-state index contributed by atoms with van der Waals surface area (Å²) in [6, 6.07) is 0. The Kier molecular flexibility index (Phi) is 4.40. The monoisotopic (exact) mass is 173 g/mol. The van der Waals surface area contributed by atoms with E-state index in [2.05, 4.69) is 0 Å². The van der Waals surface area contributed by atoms with Crippen LogP contribution in [0.15, 0.2) is 0 Å². The maximum atomic E-state index is 10.7. The van der Waals surface area contributed by atoms with E-state index in [1.54, 1.807) is 0 Å². The summed E-state index contributed by atoms with van der Waals surface area (Å²) in [6.45, 7) is 0. The molecule has 0 heterocycles. The summed E-state index contributed by atoms with van der Waals surface area (Å²) in [5.41, 5.74) is -5.53. The smallest absolute Gasteiger partial charge is 0.279 e. The molecule has 3 nitrogen and oxygen atoms in total. The third kappa shape index (κ3) is 4.15. The molecule has 0 aromatic carbocycles. The molecule has 0 saturated carbocycles. The Labute approximate surface area is 71.3 Å². The second-order valence-corrected chi connectivity index (χ2v) is 2.33. The van der Waals surface area contributed by atoms with Gasteiger partial charge in [-0.25, -0.2) is 0 Å². The second-order valence-electron chi connectivity index (χ2n) is 0.921. The average molecular weight is 173 g/mol. The molecule has 0 atom stereocenters. The van der Waals surface area contributed by atoms with Crippen LogP contribution in [-0.2, 0) is 10.1 Å². The molecule has 0 saturated heterocycles. The van der Waals surface area contributed by atoms with E-state index >= 15 is 0 Å². The van der Waals surface area contributed by atoms with Crippen LogP contribution in [0.5, 0.6) is 0 Å². The molecule has 0 aromatic heterocycles. The van der Waals surface area contributed by atoms with Crippen LogP contribution in [0.1, 0.15) is 0 Å². The van der Waals surface area contributed by atoms with E-state index < -0.39 is 15.6 Å². The Morgan fingerprint density at radius 3 is 1.33 bits per heavy atom. The molecular weight excluding hydrogens is 172 g/mol. The predicted molar refractivity (Wildman–Crippen MR) is 17.6 cm³/mol. The molecule has 0 aromatic rings. The van der Waals surface area contributed by atoms with Crippen molar-refractivity contribution < 1.29 is 55.7 Å². The van der Waals surface area contributed by atoms with Crippen LogP contribution in [0.4, 0.5) is 13.2 Å². The first kappa shape index (κ1) is 12.4. The summed E-state index contributed by atoms with van der Waals surface area (Å²) in [5.74, 6) is 0. The van der Waals surface area contributed by atoms with Crippen molar-refractivity contribution in [2.24, 2.45) is 0 Å². The van der Waals surface area contributed by atoms with E-state index in [1.807, 2.05) is 0 Å². The predicted octanol–water partition coefficient (Wildman–Crippen LogP) is -2.60. The van der Waals surface area contributed by atoms with Gasteiger partial charge in [0.25, 0.3) is 0 Å². The van der Waals surface area contributed by atoms with Crippen molar-refractivity contribution in [3.63, 3.8) is 0 Å². The number of rotatable bonds is 0.